The number of nitrogens with one attached hydrogen (secondary N) is 1. The molecule has 1 aliphatic rings. The maximum Gasteiger partial charge on any atom is 0.354 e. The number of hydrogen-bond donors (Lipinski definition) is 1. The lowest BCUT2D eigenvalue weighted by Gasteiger charge is -2.17. The molecule has 0 radical (unpaired) electrons. The molecule has 1 heterocycles. The van der Waals surface area contributed by atoms with Gasteiger partial charge >= 0.3 is 12.3 Å². The fourth-order valence-electron chi connectivity index (χ4n) is 0.631. The minimum atomic E-state index is -1.34. The Bertz CT molecular complexity index is 198. The Labute approximate surface area is 71.4 Å². The van der Waals surface area contributed by atoms with Crippen LogP contribution < -0.4 is 4.99 Å². The van der Waals surface area contributed by atoms with E-state index in [-0.39, 0.29) is 0 Å². The van der Waals surface area contributed by atoms with E-state index >= 15 is 0 Å². The van der Waals surface area contributed by atoms with E-state index in [4.69, 9.17) is 0 Å². The lowest BCUT2D eigenvalue weighted by Crippen LogP contribution is -2.82. The summed E-state index contributed by atoms with van der Waals surface area (Å²) in [6.45, 7) is 1.69. The zero-order valence-corrected chi connectivity index (χ0v) is 7.52. The topological polar surface area (TPSA) is 14.0 Å². The quantitative estimate of drug-likeness (QED) is 0.369. The largest absolute Gasteiger partial charge is 0.354 e. The molecule has 0 bridgehead atoms. The van der Waals surface area contributed by atoms with Crippen LogP contribution in [-0.4, -0.2) is 15.7 Å². The lowest BCUT2D eigenvalue weighted by atomic mass is 10.1. The van der Waals surface area contributed by atoms with Crippen molar-refractivity contribution in [3.8, 4) is 0 Å². The average molecular weight is 258 g/mol. The smallest absolute Gasteiger partial charge is 0.184 e. The number of halogens is 3. The minimum Gasteiger partial charge on any atom is -0.184 e. The van der Waals surface area contributed by atoms with Crippen LogP contribution in [0.1, 0.15) is 6.92 Å². The molecular formula is C6H7F2IN+. The predicted molar refractivity (Wildman–Crippen MR) is 43.5 cm³/mol. The van der Waals surface area contributed by atoms with Crippen molar-refractivity contribution in [2.75, 3.05) is 0 Å². The van der Waals surface area contributed by atoms with E-state index in [0.717, 1.165) is 0 Å². The molecule has 0 saturated heterocycles. The fraction of sp³-hybridized carbons (Fsp3) is 0.500. The van der Waals surface area contributed by atoms with Crippen molar-refractivity contribution in [3.05, 3.63) is 12.2 Å². The summed E-state index contributed by atoms with van der Waals surface area (Å²) in [4.78, 5) is 2.06. The second-order valence-corrected chi connectivity index (χ2v) is 4.66. The molecule has 0 amide bonds. The van der Waals surface area contributed by atoms with E-state index in [1.54, 1.807) is 6.92 Å². The van der Waals surface area contributed by atoms with Gasteiger partial charge in [0.05, 0.1) is 0 Å². The summed E-state index contributed by atoms with van der Waals surface area (Å²) < 4.78 is 24.4. The summed E-state index contributed by atoms with van der Waals surface area (Å²) in [5.41, 5.74) is 0. The molecule has 1 N–H and O–H groups in total. The van der Waals surface area contributed by atoms with Crippen molar-refractivity contribution in [3.63, 3.8) is 0 Å². The summed E-state index contributed by atoms with van der Waals surface area (Å²) in [6.07, 6.45) is 1.41. The monoisotopic (exact) mass is 258 g/mol. The van der Waals surface area contributed by atoms with Gasteiger partial charge in [-0.25, -0.2) is 0 Å². The summed E-state index contributed by atoms with van der Waals surface area (Å²) in [5, 5.41) is 0. The second kappa shape index (κ2) is 2.56. The maximum atomic E-state index is 12.8. The van der Waals surface area contributed by atoms with E-state index in [9.17, 15) is 8.78 Å². The zero-order valence-electron chi connectivity index (χ0n) is 5.37. The van der Waals surface area contributed by atoms with Gasteiger partial charge in [0.1, 0.15) is 3.42 Å². The third-order valence-electron chi connectivity index (χ3n) is 1.32. The van der Waals surface area contributed by atoms with Crippen LogP contribution in [0.5, 0.6) is 0 Å². The van der Waals surface area contributed by atoms with Gasteiger partial charge in [-0.15, -0.1) is 4.39 Å². The Kier molecular flexibility index (Phi) is 2.07. The van der Waals surface area contributed by atoms with Gasteiger partial charge in [0, 0.05) is 6.08 Å². The summed E-state index contributed by atoms with van der Waals surface area (Å²) in [6, 6.07) is 0. The summed E-state index contributed by atoms with van der Waals surface area (Å²) in [5.74, 6) is -0.610. The van der Waals surface area contributed by atoms with Crippen molar-refractivity contribution in [1.29, 1.82) is 0 Å². The van der Waals surface area contributed by atoms with Gasteiger partial charge in [-0.3, -0.25) is 0 Å². The van der Waals surface area contributed by atoms with Gasteiger partial charge in [-0.05, 0) is 6.92 Å². The highest BCUT2D eigenvalue weighted by Gasteiger charge is 2.36. The molecule has 1 aliphatic heterocycles. The van der Waals surface area contributed by atoms with E-state index < -0.39 is 15.7 Å². The van der Waals surface area contributed by atoms with E-state index in [1.807, 2.05) is 22.6 Å². The second-order valence-electron chi connectivity index (χ2n) is 2.34. The van der Waals surface area contributed by atoms with Crippen LogP contribution in [0.4, 0.5) is 8.78 Å². The third kappa shape index (κ3) is 1.53. The van der Waals surface area contributed by atoms with Crippen molar-refractivity contribution in [1.82, 2.24) is 0 Å². The Morgan fingerprint density at radius 2 is 2.40 bits per heavy atom. The van der Waals surface area contributed by atoms with E-state index in [2.05, 4.69) is 4.99 Å². The molecule has 2 atom stereocenters. The molecule has 1 nitrogen and oxygen atoms in total. The maximum absolute atomic E-state index is 12.8. The number of hydrogen-bond acceptors (Lipinski definition) is 0. The first-order valence-corrected chi connectivity index (χ1v) is 3.91. The lowest BCUT2D eigenvalue weighted by molar-refractivity contribution is -0.545. The van der Waals surface area contributed by atoms with Crippen molar-refractivity contribution < 1.29 is 13.8 Å². The molecule has 0 aromatic rings. The first-order chi connectivity index (χ1) is 4.52. The predicted octanol–water partition coefficient (Wildman–Crippen LogP) is 0.494. The van der Waals surface area contributed by atoms with Gasteiger partial charge in [0.15, 0.2) is 0 Å². The van der Waals surface area contributed by atoms with E-state index in [0.29, 0.717) is 0 Å². The van der Waals surface area contributed by atoms with Crippen LogP contribution in [0.3, 0.4) is 0 Å². The highest BCUT2D eigenvalue weighted by molar-refractivity contribution is 14.1. The molecule has 0 unspecified atom stereocenters. The molecular weight excluding hydrogens is 251 g/mol. The molecule has 0 saturated carbocycles. The van der Waals surface area contributed by atoms with Crippen molar-refractivity contribution >= 4 is 28.6 Å². The molecule has 4 heteroatoms. The summed E-state index contributed by atoms with van der Waals surface area (Å²) in [7, 11) is 0. The first-order valence-electron chi connectivity index (χ1n) is 2.83. The highest BCUT2D eigenvalue weighted by Crippen LogP contribution is 2.24. The van der Waals surface area contributed by atoms with Gasteiger partial charge in [0.25, 0.3) is 0 Å². The molecule has 0 aliphatic carbocycles. The number of alkyl halides is 2. The van der Waals surface area contributed by atoms with Crippen LogP contribution in [0.15, 0.2) is 12.2 Å². The van der Waals surface area contributed by atoms with Crippen LogP contribution in [0.25, 0.3) is 0 Å². The zero-order chi connectivity index (χ0) is 7.78. The van der Waals surface area contributed by atoms with E-state index in [1.165, 1.54) is 12.2 Å². The normalized spacial score (nSPS) is 39.6. The summed E-state index contributed by atoms with van der Waals surface area (Å²) >= 11 is 1.92. The number of rotatable bonds is 0. The molecule has 0 fully saturated rings. The molecule has 1 rings (SSSR count). The van der Waals surface area contributed by atoms with Gasteiger partial charge in [-0.2, -0.15) is 9.38 Å². The molecule has 0 spiro atoms. The fourth-order valence-corrected chi connectivity index (χ4v) is 0.966. The Morgan fingerprint density at radius 3 is 2.80 bits per heavy atom. The SMILES string of the molecule is C[C@@]1(I)C=CC(F)=[NH+][C@@H]1F. The van der Waals surface area contributed by atoms with Crippen molar-refractivity contribution in [2.45, 2.75) is 16.6 Å². The molecule has 10 heavy (non-hydrogen) atoms. The van der Waals surface area contributed by atoms with Gasteiger partial charge in [0.2, 0.25) is 0 Å². The number of allylic oxidation sites excluding steroid dienone is 1. The van der Waals surface area contributed by atoms with Gasteiger partial charge in [-0.1, -0.05) is 28.7 Å². The highest BCUT2D eigenvalue weighted by atomic mass is 127. The van der Waals surface area contributed by atoms with Crippen LogP contribution in [0, 0.1) is 0 Å². The molecule has 0 aromatic heterocycles. The van der Waals surface area contributed by atoms with Crippen molar-refractivity contribution in [2.24, 2.45) is 0 Å². The van der Waals surface area contributed by atoms with Gasteiger partial charge < -0.3 is 0 Å². The van der Waals surface area contributed by atoms with Crippen LogP contribution in [0.2, 0.25) is 0 Å². The minimum absolute atomic E-state index is 0.610. The standard InChI is InChI=1S/C6H6F2IN/c1-6(9)3-2-4(7)10-5(6)8/h2-3,5H,1H3/p+1/t5-,6+/m0/s1. The molecule has 0 aromatic carbocycles. The molecule has 56 valence electrons. The van der Waals surface area contributed by atoms with Crippen LogP contribution >= 0.6 is 22.6 Å². The Morgan fingerprint density at radius 1 is 1.80 bits per heavy atom. The first kappa shape index (κ1) is 8.10. The average Bonchev–Trinajstić information content (AvgIpc) is 1.81. The van der Waals surface area contributed by atoms with Crippen LogP contribution in [-0.2, 0) is 0 Å². The Hall–Kier alpha value is -0.0000000000000000555. The Balaban J connectivity index is 2.84. The third-order valence-corrected chi connectivity index (χ3v) is 2.22.